The number of carboxylic acid groups (broad SMARTS) is 1. The number of aliphatic carboxylic acids is 1. The molecule has 4 bridgehead atoms. The molecule has 0 heterocycles. The number of hydrogen-bond donors (Lipinski definition) is 4. The molecule has 24 heavy (non-hydrogen) atoms. The lowest BCUT2D eigenvalue weighted by Crippen LogP contribution is -2.49. The van der Waals surface area contributed by atoms with Crippen LogP contribution in [0.3, 0.4) is 0 Å². The van der Waals surface area contributed by atoms with Crippen molar-refractivity contribution in [3.8, 4) is 11.5 Å². The van der Waals surface area contributed by atoms with Crippen molar-refractivity contribution in [2.24, 2.45) is 28.9 Å². The number of phenols is 2. The molecule has 1 aromatic rings. The first-order valence-electron chi connectivity index (χ1n) is 8.34. The summed E-state index contributed by atoms with van der Waals surface area (Å²) in [4.78, 5) is 21.8. The number of aromatic hydroxyl groups is 2. The number of rotatable bonds is 2. The van der Waals surface area contributed by atoms with E-state index < -0.39 is 11.9 Å². The molecular weight excluding hydrogens is 310 g/mol. The first-order chi connectivity index (χ1) is 11.3. The van der Waals surface area contributed by atoms with Gasteiger partial charge in [-0.25, -0.2) is 0 Å². The number of nitrogens with two attached hydrogens (primary N) is 1. The SMILES string of the molecule is NC(=O)c1cc(O)ccc1O.O=C(O)C12CC3CC(CC(C3)C1)C2. The third-order valence-corrected chi connectivity index (χ3v) is 5.74. The maximum Gasteiger partial charge on any atom is 0.309 e. The Kier molecular flexibility index (Phi) is 4.15. The molecule has 0 spiro atoms. The lowest BCUT2D eigenvalue weighted by Gasteiger charge is -2.54. The average Bonchev–Trinajstić information content (AvgIpc) is 2.48. The predicted octanol–water partition coefficient (Wildman–Crippen LogP) is 2.48. The van der Waals surface area contributed by atoms with Crippen LogP contribution in [0.1, 0.15) is 48.9 Å². The summed E-state index contributed by atoms with van der Waals surface area (Å²) >= 11 is 0. The monoisotopic (exact) mass is 333 g/mol. The Balaban J connectivity index is 0.000000144. The van der Waals surface area contributed by atoms with E-state index in [4.69, 9.17) is 15.9 Å². The quantitative estimate of drug-likeness (QED) is 0.620. The van der Waals surface area contributed by atoms with Gasteiger partial charge in [-0.2, -0.15) is 0 Å². The standard InChI is InChI=1S/C11H16O2.C7H7NO3/c12-10(13)11-4-7-1-8(5-11)3-9(2-7)6-11;8-7(11)5-3-4(9)1-2-6(5)10/h7-9H,1-6H2,(H,12,13);1-3,9-10H,(H2,8,11). The highest BCUT2D eigenvalue weighted by Crippen LogP contribution is 2.59. The molecule has 4 aliphatic carbocycles. The summed E-state index contributed by atoms with van der Waals surface area (Å²) in [5.41, 5.74) is 4.51. The van der Waals surface area contributed by atoms with Crippen molar-refractivity contribution in [2.75, 3.05) is 0 Å². The Labute approximate surface area is 140 Å². The number of primary amides is 1. The van der Waals surface area contributed by atoms with E-state index in [1.54, 1.807) is 0 Å². The predicted molar refractivity (Wildman–Crippen MR) is 86.5 cm³/mol. The number of amides is 1. The molecule has 6 heteroatoms. The van der Waals surface area contributed by atoms with Crippen LogP contribution in [0.15, 0.2) is 18.2 Å². The largest absolute Gasteiger partial charge is 0.508 e. The van der Waals surface area contributed by atoms with Crippen molar-refractivity contribution in [1.29, 1.82) is 0 Å². The number of carbonyl (C=O) groups excluding carboxylic acids is 1. The summed E-state index contributed by atoms with van der Waals surface area (Å²) in [6, 6.07) is 3.58. The van der Waals surface area contributed by atoms with E-state index in [0.29, 0.717) is 0 Å². The van der Waals surface area contributed by atoms with Gasteiger partial charge in [-0.1, -0.05) is 0 Å². The maximum atomic E-state index is 11.3. The number of carboxylic acids is 1. The molecule has 1 amide bonds. The number of benzene rings is 1. The van der Waals surface area contributed by atoms with E-state index in [-0.39, 0.29) is 22.5 Å². The molecule has 4 fully saturated rings. The Morgan fingerprint density at radius 3 is 1.88 bits per heavy atom. The van der Waals surface area contributed by atoms with E-state index >= 15 is 0 Å². The average molecular weight is 333 g/mol. The van der Waals surface area contributed by atoms with Crippen LogP contribution in [0.5, 0.6) is 11.5 Å². The Morgan fingerprint density at radius 2 is 1.50 bits per heavy atom. The van der Waals surface area contributed by atoms with Crippen LogP contribution in [0.25, 0.3) is 0 Å². The number of phenolic OH excluding ortho intramolecular Hbond substituents is 1. The van der Waals surface area contributed by atoms with Crippen LogP contribution in [-0.4, -0.2) is 27.2 Å². The van der Waals surface area contributed by atoms with Gasteiger partial charge in [0.15, 0.2) is 0 Å². The van der Waals surface area contributed by atoms with Gasteiger partial charge in [-0.15, -0.1) is 0 Å². The third kappa shape index (κ3) is 3.05. The smallest absolute Gasteiger partial charge is 0.309 e. The van der Waals surface area contributed by atoms with E-state index in [9.17, 15) is 14.7 Å². The molecule has 0 aliphatic heterocycles. The second kappa shape index (κ2) is 6.00. The Bertz CT molecular complexity index is 634. The van der Waals surface area contributed by atoms with Gasteiger partial charge in [-0.05, 0) is 74.5 Å². The van der Waals surface area contributed by atoms with Gasteiger partial charge in [0, 0.05) is 0 Å². The first-order valence-corrected chi connectivity index (χ1v) is 8.34. The molecule has 1 aromatic carbocycles. The minimum atomic E-state index is -0.765. The Morgan fingerprint density at radius 1 is 1.00 bits per heavy atom. The molecule has 0 radical (unpaired) electrons. The molecule has 4 saturated carbocycles. The summed E-state index contributed by atoms with van der Waals surface area (Å²) in [5.74, 6) is 0.656. The van der Waals surface area contributed by atoms with Gasteiger partial charge in [0.2, 0.25) is 0 Å². The minimum Gasteiger partial charge on any atom is -0.508 e. The molecule has 5 N–H and O–H groups in total. The van der Waals surface area contributed by atoms with Crippen molar-refractivity contribution >= 4 is 11.9 Å². The van der Waals surface area contributed by atoms with Crippen molar-refractivity contribution in [3.05, 3.63) is 23.8 Å². The molecule has 0 saturated heterocycles. The van der Waals surface area contributed by atoms with Crippen LogP contribution in [0.4, 0.5) is 0 Å². The van der Waals surface area contributed by atoms with Crippen LogP contribution < -0.4 is 5.73 Å². The third-order valence-electron chi connectivity index (χ3n) is 5.74. The molecule has 130 valence electrons. The normalized spacial score (nSPS) is 32.8. The van der Waals surface area contributed by atoms with E-state index in [2.05, 4.69) is 0 Å². The molecule has 0 aromatic heterocycles. The van der Waals surface area contributed by atoms with E-state index in [1.165, 1.54) is 31.4 Å². The van der Waals surface area contributed by atoms with Gasteiger partial charge in [0.05, 0.1) is 11.0 Å². The second-order valence-corrected chi connectivity index (χ2v) is 7.57. The van der Waals surface area contributed by atoms with Crippen molar-refractivity contribution < 1.29 is 24.9 Å². The summed E-state index contributed by atoms with van der Waals surface area (Å²) < 4.78 is 0. The molecule has 0 unspecified atom stereocenters. The number of hydrogen-bond acceptors (Lipinski definition) is 4. The number of carbonyl (C=O) groups is 2. The van der Waals surface area contributed by atoms with Crippen molar-refractivity contribution in [3.63, 3.8) is 0 Å². The van der Waals surface area contributed by atoms with Gasteiger partial charge >= 0.3 is 5.97 Å². The molecular formula is C18H23NO5. The van der Waals surface area contributed by atoms with Crippen LogP contribution >= 0.6 is 0 Å². The summed E-state index contributed by atoms with van der Waals surface area (Å²) in [6.07, 6.45) is 6.92. The van der Waals surface area contributed by atoms with E-state index in [1.807, 2.05) is 0 Å². The van der Waals surface area contributed by atoms with E-state index in [0.717, 1.165) is 43.1 Å². The summed E-state index contributed by atoms with van der Waals surface area (Å²) in [5, 5.41) is 27.1. The molecule has 6 nitrogen and oxygen atoms in total. The fourth-order valence-corrected chi connectivity index (χ4v) is 5.09. The first kappa shape index (κ1) is 16.6. The highest BCUT2D eigenvalue weighted by Gasteiger charge is 2.54. The fraction of sp³-hybridized carbons (Fsp3) is 0.556. The zero-order chi connectivity index (χ0) is 17.5. The molecule has 0 atom stereocenters. The highest BCUT2D eigenvalue weighted by atomic mass is 16.4. The Hall–Kier alpha value is -2.24. The summed E-state index contributed by atoms with van der Waals surface area (Å²) in [6.45, 7) is 0. The van der Waals surface area contributed by atoms with Crippen molar-refractivity contribution in [2.45, 2.75) is 38.5 Å². The fourth-order valence-electron chi connectivity index (χ4n) is 5.09. The molecule has 5 rings (SSSR count). The van der Waals surface area contributed by atoms with Gasteiger partial charge in [-0.3, -0.25) is 9.59 Å². The second-order valence-electron chi connectivity index (χ2n) is 7.57. The highest BCUT2D eigenvalue weighted by molar-refractivity contribution is 5.95. The van der Waals surface area contributed by atoms with Gasteiger partial charge < -0.3 is 21.1 Å². The topological polar surface area (TPSA) is 121 Å². The molecule has 4 aliphatic rings. The van der Waals surface area contributed by atoms with Crippen molar-refractivity contribution in [1.82, 2.24) is 0 Å². The zero-order valence-corrected chi connectivity index (χ0v) is 13.4. The van der Waals surface area contributed by atoms with Crippen LogP contribution in [0, 0.1) is 23.2 Å². The van der Waals surface area contributed by atoms with Crippen LogP contribution in [0.2, 0.25) is 0 Å². The van der Waals surface area contributed by atoms with Gasteiger partial charge in [0.25, 0.3) is 5.91 Å². The summed E-state index contributed by atoms with van der Waals surface area (Å²) in [7, 11) is 0. The maximum absolute atomic E-state index is 11.3. The van der Waals surface area contributed by atoms with Gasteiger partial charge in [0.1, 0.15) is 11.5 Å². The van der Waals surface area contributed by atoms with Crippen LogP contribution in [-0.2, 0) is 4.79 Å². The minimum absolute atomic E-state index is 0.0787. The zero-order valence-electron chi connectivity index (χ0n) is 13.4. The lowest BCUT2D eigenvalue weighted by molar-refractivity contribution is -0.164. The lowest BCUT2D eigenvalue weighted by atomic mass is 9.49.